The van der Waals surface area contributed by atoms with Crippen LogP contribution in [-0.4, -0.2) is 0 Å². The highest BCUT2D eigenvalue weighted by molar-refractivity contribution is 5.33. The van der Waals surface area contributed by atoms with Gasteiger partial charge in [-0.15, -0.1) is 0 Å². The minimum absolute atomic E-state index is 0.245. The van der Waals surface area contributed by atoms with Gasteiger partial charge >= 0.3 is 0 Å². The second kappa shape index (κ2) is 2.98. The molecular weight excluding hydrogens is 146 g/mol. The van der Waals surface area contributed by atoms with Gasteiger partial charge in [0.25, 0.3) is 12.6 Å². The first kappa shape index (κ1) is 7.36. The predicted molar refractivity (Wildman–Crippen MR) is 50.4 cm³/mol. The summed E-state index contributed by atoms with van der Waals surface area (Å²) in [5.74, 6) is 0. The Bertz CT molecular complexity index is 322. The van der Waals surface area contributed by atoms with Gasteiger partial charge in [0.2, 0.25) is 0 Å². The molecule has 1 aliphatic carbocycles. The molecule has 1 heteroatoms. The number of fused-ring (bicyclic) bond motifs is 1. The topological polar surface area (TPSA) is 4.36 Å². The van der Waals surface area contributed by atoms with Gasteiger partial charge < -0.3 is 0 Å². The zero-order chi connectivity index (χ0) is 8.39. The van der Waals surface area contributed by atoms with Crippen molar-refractivity contribution in [3.63, 3.8) is 0 Å². The van der Waals surface area contributed by atoms with Crippen LogP contribution in [0.3, 0.4) is 0 Å². The van der Waals surface area contributed by atoms with E-state index in [9.17, 15) is 0 Å². The molecule has 0 saturated carbocycles. The van der Waals surface area contributed by atoms with E-state index in [1.165, 1.54) is 24.0 Å². The van der Waals surface area contributed by atoms with Crippen LogP contribution in [0, 0.1) is 6.57 Å². The molecule has 0 radical (unpaired) electrons. The fourth-order valence-electron chi connectivity index (χ4n) is 1.88. The molecule has 1 aromatic rings. The molecule has 1 aliphatic rings. The minimum atomic E-state index is 0.245. The van der Waals surface area contributed by atoms with E-state index in [-0.39, 0.29) is 6.04 Å². The summed E-state index contributed by atoms with van der Waals surface area (Å²) >= 11 is 0. The second-order valence-electron chi connectivity index (χ2n) is 3.26. The smallest absolute Gasteiger partial charge is 0.0784 e. The van der Waals surface area contributed by atoms with Crippen LogP contribution in [0.15, 0.2) is 24.3 Å². The Labute approximate surface area is 72.9 Å². The zero-order valence-electron chi connectivity index (χ0n) is 7.03. The molecule has 60 valence electrons. The normalized spacial score (nSPS) is 21.1. The predicted octanol–water partition coefficient (Wildman–Crippen LogP) is 3.03. The van der Waals surface area contributed by atoms with Gasteiger partial charge in [0.1, 0.15) is 0 Å². The van der Waals surface area contributed by atoms with E-state index in [2.05, 4.69) is 29.1 Å². The quantitative estimate of drug-likeness (QED) is 0.546. The van der Waals surface area contributed by atoms with Crippen LogP contribution in [0.25, 0.3) is 4.85 Å². The molecule has 0 spiro atoms. The molecule has 1 nitrogen and oxygen atoms in total. The molecule has 0 aliphatic heterocycles. The van der Waals surface area contributed by atoms with Crippen LogP contribution in [0.4, 0.5) is 0 Å². The Morgan fingerprint density at radius 3 is 3.00 bits per heavy atom. The van der Waals surface area contributed by atoms with Gasteiger partial charge in [-0.2, -0.15) is 0 Å². The average molecular weight is 158 g/mol. The largest absolute Gasteiger partial charge is 0.297 e. The number of hydrogen-bond acceptors (Lipinski definition) is 0. The van der Waals surface area contributed by atoms with E-state index in [4.69, 9.17) is 6.57 Å². The van der Waals surface area contributed by atoms with Crippen molar-refractivity contribution in [2.75, 3.05) is 0 Å². The number of benzene rings is 1. The molecule has 0 amide bonds. The van der Waals surface area contributed by atoms with Crippen molar-refractivity contribution >= 4 is 0 Å². The van der Waals surface area contributed by atoms with Gasteiger partial charge in [-0.3, -0.25) is 0 Å². The first-order valence-electron chi connectivity index (χ1n) is 4.39. The summed E-state index contributed by atoms with van der Waals surface area (Å²) in [4.78, 5) is 3.89. The van der Waals surface area contributed by atoms with E-state index in [1.807, 2.05) is 0 Å². The first-order chi connectivity index (χ1) is 5.92. The Morgan fingerprint density at radius 1 is 1.33 bits per heavy atom. The van der Waals surface area contributed by atoms with Crippen LogP contribution in [0.5, 0.6) is 0 Å². The summed E-state index contributed by atoms with van der Waals surface area (Å²) in [5, 5.41) is 0. The summed E-state index contributed by atoms with van der Waals surface area (Å²) in [6, 6.07) is 8.69. The molecule has 0 heterocycles. The van der Waals surface area contributed by atoms with Crippen molar-refractivity contribution < 1.29 is 0 Å². The maximum Gasteiger partial charge on any atom is 0.297 e. The lowest BCUT2D eigenvalue weighted by molar-refractivity contribution is 0.627. The molecule has 2 rings (SSSR count). The highest BCUT2D eigenvalue weighted by atomic mass is 14.7. The number of rotatable bonds is 0. The third-order valence-electron chi connectivity index (χ3n) is 2.52. The summed E-state index contributed by atoms with van der Waals surface area (Å²) < 4.78 is 0. The molecule has 0 aromatic heterocycles. The first-order valence-corrected chi connectivity index (χ1v) is 4.39. The van der Waals surface area contributed by atoms with Gasteiger partial charge in [-0.1, -0.05) is 29.1 Å². The average Bonchev–Trinajstić information content (AvgIpc) is 2.17. The maximum atomic E-state index is 5.34. The van der Waals surface area contributed by atoms with E-state index in [0.717, 1.165) is 6.42 Å². The second-order valence-corrected chi connectivity index (χ2v) is 3.26. The molecule has 1 aromatic carbocycles. The Kier molecular flexibility index (Phi) is 1.83. The van der Waals surface area contributed by atoms with Gasteiger partial charge in [0, 0.05) is 12.0 Å². The van der Waals surface area contributed by atoms with Gasteiger partial charge in [-0.05, 0) is 18.4 Å². The van der Waals surface area contributed by atoms with Gasteiger partial charge in [-0.25, -0.2) is 0 Å². The van der Waals surface area contributed by atoms with Crippen molar-refractivity contribution in [2.24, 2.45) is 0 Å². The molecule has 1 atom stereocenters. The van der Waals surface area contributed by atoms with E-state index >= 15 is 0 Å². The van der Waals surface area contributed by atoms with E-state index < -0.39 is 0 Å². The van der Waals surface area contributed by atoms with Crippen molar-refractivity contribution in [3.8, 4) is 6.57 Å². The van der Waals surface area contributed by atoms with Crippen molar-refractivity contribution in [3.05, 3.63) is 40.2 Å². The number of hydrogen-bond donors (Lipinski definition) is 0. The lowest BCUT2D eigenvalue weighted by Gasteiger charge is -2.13. The lowest BCUT2D eigenvalue weighted by Crippen LogP contribution is -2.05. The molecule has 1 unspecified atom stereocenters. The fourth-order valence-corrected chi connectivity index (χ4v) is 1.88. The summed E-state index contributed by atoms with van der Waals surface area (Å²) in [6.07, 6.45) is 3.50. The lowest BCUT2D eigenvalue weighted by atomic mass is 9.88. The van der Waals surface area contributed by atoms with Crippen molar-refractivity contribution in [1.29, 1.82) is 0 Å². The van der Waals surface area contributed by atoms with Crippen LogP contribution >= 0.6 is 0 Å². The highest BCUT2D eigenvalue weighted by Gasteiger charge is 2.25. The van der Waals surface area contributed by atoms with Gasteiger partial charge in [0.05, 0.1) is 0 Å². The van der Waals surface area contributed by atoms with Crippen molar-refractivity contribution in [1.82, 2.24) is 0 Å². The van der Waals surface area contributed by atoms with Crippen LogP contribution in [0.1, 0.15) is 30.0 Å². The Hall–Kier alpha value is -1.29. The molecule has 0 bridgehead atoms. The zero-order valence-corrected chi connectivity index (χ0v) is 7.03. The molecule has 0 saturated heterocycles. The number of nitrogens with zero attached hydrogens (tertiary/aromatic N) is 1. The van der Waals surface area contributed by atoms with Crippen molar-refractivity contribution in [2.45, 2.75) is 25.3 Å². The Balaban J connectivity index is 2.45. The summed E-state index contributed by atoms with van der Waals surface area (Å²) in [5.41, 5.74) is 2.74. The Morgan fingerprint density at radius 2 is 2.17 bits per heavy atom. The van der Waals surface area contributed by atoms with Gasteiger partial charge in [0.15, 0.2) is 0 Å². The molecule has 0 fully saturated rings. The molecular formula is C11H12N+. The molecule has 12 heavy (non-hydrogen) atoms. The monoisotopic (exact) mass is 158 g/mol. The van der Waals surface area contributed by atoms with E-state index in [0.29, 0.717) is 0 Å². The fraction of sp³-hybridized carbons (Fsp3) is 0.364. The van der Waals surface area contributed by atoms with E-state index in [1.54, 1.807) is 0 Å². The van der Waals surface area contributed by atoms with Crippen LogP contribution < -0.4 is 0 Å². The number of aryl methyl sites for hydroxylation is 1. The standard InChI is InChI=1S/C11H12N/c1-12-11-8-4-6-9-5-2-3-7-10(9)11/h1-3,5,7,11H,4,6,8H2/q+1. The highest BCUT2D eigenvalue weighted by Crippen LogP contribution is 2.31. The maximum absolute atomic E-state index is 5.34. The SMILES string of the molecule is C#[N+]C1CCCc2ccccc21. The minimum Gasteiger partial charge on any atom is -0.0784 e. The van der Waals surface area contributed by atoms with Crippen LogP contribution in [0.2, 0.25) is 0 Å². The third kappa shape index (κ3) is 1.10. The summed E-state index contributed by atoms with van der Waals surface area (Å²) in [7, 11) is 0. The summed E-state index contributed by atoms with van der Waals surface area (Å²) in [6.45, 7) is 5.34. The van der Waals surface area contributed by atoms with Crippen LogP contribution in [-0.2, 0) is 6.42 Å². The molecule has 0 N–H and O–H groups in total. The third-order valence-corrected chi connectivity index (χ3v) is 2.52.